The van der Waals surface area contributed by atoms with Crippen molar-refractivity contribution in [2.24, 2.45) is 5.92 Å². The van der Waals surface area contributed by atoms with Crippen molar-refractivity contribution in [3.63, 3.8) is 0 Å². The van der Waals surface area contributed by atoms with Crippen LogP contribution in [-0.4, -0.2) is 25.9 Å². The Labute approximate surface area is 152 Å². The van der Waals surface area contributed by atoms with E-state index in [1.807, 2.05) is 24.3 Å². The molecule has 25 heavy (non-hydrogen) atoms. The van der Waals surface area contributed by atoms with Crippen molar-refractivity contribution < 1.29 is 23.4 Å². The number of aliphatic carboxylic acids is 1. The molecule has 0 fully saturated rings. The summed E-state index contributed by atoms with van der Waals surface area (Å²) in [5, 5.41) is 9.45. The Hall–Kier alpha value is -2.03. The van der Waals surface area contributed by atoms with Gasteiger partial charge in [-0.2, -0.15) is 0 Å². The first-order valence-corrected chi connectivity index (χ1v) is 9.43. The van der Waals surface area contributed by atoms with Gasteiger partial charge in [-0.3, -0.25) is 8.51 Å². The summed E-state index contributed by atoms with van der Waals surface area (Å²) in [4.78, 5) is 13.2. The molecular weight excluding hydrogens is 362 g/mol. The van der Waals surface area contributed by atoms with Gasteiger partial charge in [-0.1, -0.05) is 37.7 Å². The Morgan fingerprint density at radius 2 is 1.88 bits per heavy atom. The standard InChI is InChI=1S/C17H17NO5S2/c1-10(2)16(17(19)20)18(25(21)22)11-7-8-13-15(9-11)24-14-6-4-3-5-12(14)23-13/h3-10,16H,1-2H3,(H,19,20)(H,21,22)/p-1. The Bertz CT molecular complexity index is 840. The van der Waals surface area contributed by atoms with E-state index in [9.17, 15) is 18.7 Å². The second kappa shape index (κ2) is 7.07. The van der Waals surface area contributed by atoms with Crippen molar-refractivity contribution in [2.75, 3.05) is 4.31 Å². The number of hydrogen-bond acceptors (Lipinski definition) is 5. The van der Waals surface area contributed by atoms with Crippen molar-refractivity contribution in [3.8, 4) is 11.5 Å². The lowest BCUT2D eigenvalue weighted by molar-refractivity contribution is -0.139. The van der Waals surface area contributed by atoms with Crippen LogP contribution in [0.3, 0.4) is 0 Å². The highest BCUT2D eigenvalue weighted by atomic mass is 32.2. The van der Waals surface area contributed by atoms with Gasteiger partial charge in [0.1, 0.15) is 17.5 Å². The van der Waals surface area contributed by atoms with Crippen molar-refractivity contribution in [2.45, 2.75) is 29.7 Å². The summed E-state index contributed by atoms with van der Waals surface area (Å²) in [6, 6.07) is 11.2. The van der Waals surface area contributed by atoms with Gasteiger partial charge < -0.3 is 14.4 Å². The molecule has 1 aliphatic heterocycles. The first-order chi connectivity index (χ1) is 11.9. The number of fused-ring (bicyclic) bond motifs is 2. The third-order valence-corrected chi connectivity index (χ3v) is 5.62. The van der Waals surface area contributed by atoms with E-state index in [0.717, 1.165) is 19.8 Å². The number of benzene rings is 2. The Morgan fingerprint density at radius 1 is 1.20 bits per heavy atom. The van der Waals surface area contributed by atoms with E-state index >= 15 is 0 Å². The fourth-order valence-electron chi connectivity index (χ4n) is 2.65. The second-order valence-corrected chi connectivity index (χ2v) is 7.76. The summed E-state index contributed by atoms with van der Waals surface area (Å²) in [5.41, 5.74) is 0.295. The molecule has 0 aliphatic carbocycles. The molecular formula is C17H16NO5S2-. The van der Waals surface area contributed by atoms with E-state index in [0.29, 0.717) is 11.4 Å². The largest absolute Gasteiger partial charge is 0.755 e. The summed E-state index contributed by atoms with van der Waals surface area (Å²) >= 11 is -1.26. The third-order valence-electron chi connectivity index (χ3n) is 3.77. The molecule has 0 saturated carbocycles. The van der Waals surface area contributed by atoms with Crippen LogP contribution in [0.4, 0.5) is 5.69 Å². The van der Waals surface area contributed by atoms with E-state index in [-0.39, 0.29) is 0 Å². The zero-order chi connectivity index (χ0) is 18.1. The molecule has 2 aromatic rings. The molecule has 2 atom stereocenters. The fraction of sp³-hybridized carbons (Fsp3) is 0.235. The molecule has 0 spiro atoms. The molecule has 8 heteroatoms. The van der Waals surface area contributed by atoms with E-state index in [1.54, 1.807) is 32.0 Å². The van der Waals surface area contributed by atoms with Gasteiger partial charge in [-0.15, -0.1) is 0 Å². The Kier molecular flexibility index (Phi) is 5.03. The number of hydrogen-bond donors (Lipinski definition) is 1. The maximum Gasteiger partial charge on any atom is 0.327 e. The monoisotopic (exact) mass is 378 g/mol. The van der Waals surface area contributed by atoms with Gasteiger partial charge in [-0.05, 0) is 36.2 Å². The maximum atomic E-state index is 11.7. The predicted molar refractivity (Wildman–Crippen MR) is 94.7 cm³/mol. The number of carboxylic acid groups (broad SMARTS) is 1. The van der Waals surface area contributed by atoms with Gasteiger partial charge in [0.05, 0.1) is 15.5 Å². The molecule has 3 rings (SSSR count). The van der Waals surface area contributed by atoms with Gasteiger partial charge in [-0.25, -0.2) is 4.79 Å². The number of carbonyl (C=O) groups is 1. The van der Waals surface area contributed by atoms with Crippen LogP contribution in [-0.2, 0) is 16.1 Å². The first kappa shape index (κ1) is 17.8. The lowest BCUT2D eigenvalue weighted by atomic mass is 10.0. The van der Waals surface area contributed by atoms with Crippen LogP contribution in [0.1, 0.15) is 13.8 Å². The summed E-state index contributed by atoms with van der Waals surface area (Å²) < 4.78 is 30.2. The molecule has 0 bridgehead atoms. The second-order valence-electron chi connectivity index (χ2n) is 5.85. The highest BCUT2D eigenvalue weighted by molar-refractivity contribution is 7.99. The quantitative estimate of drug-likeness (QED) is 0.682. The molecule has 2 unspecified atom stereocenters. The third kappa shape index (κ3) is 3.51. The number of anilines is 1. The summed E-state index contributed by atoms with van der Waals surface area (Å²) in [6.07, 6.45) is 0. The highest BCUT2D eigenvalue weighted by Crippen LogP contribution is 2.48. The van der Waals surface area contributed by atoms with E-state index in [2.05, 4.69) is 0 Å². The molecule has 0 aromatic heterocycles. The molecule has 1 heterocycles. The van der Waals surface area contributed by atoms with Crippen LogP contribution < -0.4 is 9.04 Å². The normalized spacial score (nSPS) is 14.9. The van der Waals surface area contributed by atoms with Crippen molar-refractivity contribution in [1.82, 2.24) is 0 Å². The number of carboxylic acids is 1. The van der Waals surface area contributed by atoms with Crippen LogP contribution in [0, 0.1) is 5.92 Å². The van der Waals surface area contributed by atoms with Crippen LogP contribution in [0.25, 0.3) is 0 Å². The minimum Gasteiger partial charge on any atom is -0.755 e. The first-order valence-electron chi connectivity index (χ1n) is 7.58. The fourth-order valence-corrected chi connectivity index (χ4v) is 4.44. The Balaban J connectivity index is 2.00. The number of para-hydroxylation sites is 1. The average molecular weight is 378 g/mol. The molecule has 0 radical (unpaired) electrons. The molecule has 0 saturated heterocycles. The average Bonchev–Trinajstić information content (AvgIpc) is 2.56. The summed E-state index contributed by atoms with van der Waals surface area (Å²) in [7, 11) is 0. The highest BCUT2D eigenvalue weighted by Gasteiger charge is 2.31. The van der Waals surface area contributed by atoms with Gasteiger partial charge in [0.15, 0.2) is 0 Å². The zero-order valence-electron chi connectivity index (χ0n) is 13.5. The number of ether oxygens (including phenoxy) is 1. The molecule has 132 valence electrons. The van der Waals surface area contributed by atoms with Crippen LogP contribution in [0.5, 0.6) is 11.5 Å². The van der Waals surface area contributed by atoms with Crippen LogP contribution >= 0.6 is 11.8 Å². The van der Waals surface area contributed by atoms with Gasteiger partial charge >= 0.3 is 5.97 Å². The molecule has 1 N–H and O–H groups in total. The minimum absolute atomic E-state index is 0.295. The van der Waals surface area contributed by atoms with E-state index < -0.39 is 29.2 Å². The smallest absolute Gasteiger partial charge is 0.327 e. The molecule has 1 aliphatic rings. The van der Waals surface area contributed by atoms with Gasteiger partial charge in [0.2, 0.25) is 0 Å². The summed E-state index contributed by atoms with van der Waals surface area (Å²) in [5.74, 6) is -0.231. The maximum absolute atomic E-state index is 11.7. The topological polar surface area (TPSA) is 89.9 Å². The zero-order valence-corrected chi connectivity index (χ0v) is 15.2. The summed E-state index contributed by atoms with van der Waals surface area (Å²) in [6.45, 7) is 3.34. The van der Waals surface area contributed by atoms with Crippen molar-refractivity contribution >= 4 is 34.7 Å². The van der Waals surface area contributed by atoms with Crippen molar-refractivity contribution in [3.05, 3.63) is 42.5 Å². The van der Waals surface area contributed by atoms with Crippen LogP contribution in [0.15, 0.2) is 52.3 Å². The SMILES string of the molecule is CC(C)C(C(=O)O)N(c1ccc2c(c1)Sc1ccccc1O2)S(=O)[O-]. The predicted octanol–water partition coefficient (Wildman–Crippen LogP) is 3.65. The molecule has 2 aromatic carbocycles. The van der Waals surface area contributed by atoms with Gasteiger partial charge in [0.25, 0.3) is 0 Å². The number of nitrogens with zero attached hydrogens (tertiary/aromatic N) is 1. The minimum atomic E-state index is -2.72. The van der Waals surface area contributed by atoms with E-state index in [1.165, 1.54) is 11.8 Å². The lowest BCUT2D eigenvalue weighted by Crippen LogP contribution is -2.46. The molecule has 6 nitrogen and oxygen atoms in total. The van der Waals surface area contributed by atoms with Gasteiger partial charge in [0, 0.05) is 11.3 Å². The number of rotatable bonds is 5. The molecule has 0 amide bonds. The van der Waals surface area contributed by atoms with E-state index in [4.69, 9.17) is 4.74 Å². The Morgan fingerprint density at radius 3 is 2.52 bits per heavy atom. The van der Waals surface area contributed by atoms with Crippen LogP contribution in [0.2, 0.25) is 0 Å². The lowest BCUT2D eigenvalue weighted by Gasteiger charge is -2.34. The van der Waals surface area contributed by atoms with Crippen molar-refractivity contribution in [1.29, 1.82) is 0 Å².